The molecule has 2 aromatic carbocycles. The Kier molecular flexibility index (Phi) is 7.37. The first kappa shape index (κ1) is 24.9. The number of nitrogens with zero attached hydrogens (tertiary/aromatic N) is 2. The molecule has 2 aliphatic rings. The lowest BCUT2D eigenvalue weighted by molar-refractivity contribution is -0.0917. The molecular formula is C29H35ClN4O2. The molecule has 1 aromatic heterocycles. The van der Waals surface area contributed by atoms with E-state index in [2.05, 4.69) is 65.7 Å². The highest BCUT2D eigenvalue weighted by Crippen LogP contribution is 2.42. The van der Waals surface area contributed by atoms with Crippen LogP contribution in [0.1, 0.15) is 43.2 Å². The number of amides is 1. The van der Waals surface area contributed by atoms with E-state index >= 15 is 0 Å². The van der Waals surface area contributed by atoms with Crippen LogP contribution in [0, 0.1) is 5.92 Å². The number of halogens is 1. The van der Waals surface area contributed by atoms with Gasteiger partial charge >= 0.3 is 6.09 Å². The van der Waals surface area contributed by atoms with Crippen LogP contribution < -0.4 is 5.32 Å². The van der Waals surface area contributed by atoms with Gasteiger partial charge in [-0.15, -0.1) is 5.06 Å². The van der Waals surface area contributed by atoms with E-state index in [0.717, 1.165) is 48.0 Å². The summed E-state index contributed by atoms with van der Waals surface area (Å²) in [5, 5.41) is 6.59. The Morgan fingerprint density at radius 1 is 1.19 bits per heavy atom. The van der Waals surface area contributed by atoms with E-state index in [9.17, 15) is 4.79 Å². The van der Waals surface area contributed by atoms with Crippen LogP contribution in [-0.4, -0.2) is 54.8 Å². The molecule has 3 aromatic rings. The summed E-state index contributed by atoms with van der Waals surface area (Å²) in [5.41, 5.74) is 4.94. The van der Waals surface area contributed by atoms with Gasteiger partial charge in [-0.3, -0.25) is 4.90 Å². The Morgan fingerprint density at radius 3 is 2.67 bits per heavy atom. The third kappa shape index (κ3) is 5.17. The van der Waals surface area contributed by atoms with Crippen molar-refractivity contribution < 1.29 is 9.63 Å². The first-order chi connectivity index (χ1) is 17.4. The van der Waals surface area contributed by atoms with Gasteiger partial charge in [0.1, 0.15) is 0 Å². The van der Waals surface area contributed by atoms with Gasteiger partial charge in [0, 0.05) is 46.3 Å². The summed E-state index contributed by atoms with van der Waals surface area (Å²) in [7, 11) is 4.35. The number of carbonyl (C=O) groups excluding carboxylic acids is 1. The zero-order valence-electron chi connectivity index (χ0n) is 21.1. The van der Waals surface area contributed by atoms with Crippen molar-refractivity contribution in [2.75, 3.05) is 33.7 Å². The normalized spacial score (nSPS) is 23.0. The SMILES string of the molecule is CN(C)C1(c2ccccc2)CCC(CNC(=O)ON2CC=C(c3c[nH]c4ccc(Cl)cc34)CC2)CC1. The highest BCUT2D eigenvalue weighted by atomic mass is 35.5. The summed E-state index contributed by atoms with van der Waals surface area (Å²) in [6.45, 7) is 1.89. The van der Waals surface area contributed by atoms with Gasteiger partial charge in [0.2, 0.25) is 0 Å². The number of nitrogens with one attached hydrogen (secondary N) is 2. The van der Waals surface area contributed by atoms with Gasteiger partial charge in [-0.1, -0.05) is 48.0 Å². The number of hydrogen-bond donors (Lipinski definition) is 2. The quantitative estimate of drug-likeness (QED) is 0.418. The lowest BCUT2D eigenvalue weighted by atomic mass is 9.72. The molecule has 0 atom stereocenters. The van der Waals surface area contributed by atoms with Crippen molar-refractivity contribution in [2.24, 2.45) is 5.92 Å². The molecule has 1 fully saturated rings. The van der Waals surface area contributed by atoms with E-state index in [-0.39, 0.29) is 11.6 Å². The molecule has 0 spiro atoms. The second-order valence-electron chi connectivity index (χ2n) is 10.3. The van der Waals surface area contributed by atoms with Crippen molar-refractivity contribution in [2.45, 2.75) is 37.6 Å². The van der Waals surface area contributed by atoms with Crippen molar-refractivity contribution in [1.29, 1.82) is 0 Å². The predicted octanol–water partition coefficient (Wildman–Crippen LogP) is 6.20. The van der Waals surface area contributed by atoms with Crippen LogP contribution in [0.15, 0.2) is 60.8 Å². The Hall–Kier alpha value is -2.80. The van der Waals surface area contributed by atoms with Gasteiger partial charge in [0.05, 0.1) is 6.54 Å². The van der Waals surface area contributed by atoms with Crippen LogP contribution in [0.3, 0.4) is 0 Å². The minimum Gasteiger partial charge on any atom is -0.361 e. The Morgan fingerprint density at radius 2 is 1.97 bits per heavy atom. The van der Waals surface area contributed by atoms with Crippen LogP contribution >= 0.6 is 11.6 Å². The topological polar surface area (TPSA) is 60.6 Å². The van der Waals surface area contributed by atoms with E-state index in [1.165, 1.54) is 16.7 Å². The zero-order chi connectivity index (χ0) is 25.1. The van der Waals surface area contributed by atoms with Crippen LogP contribution in [0.5, 0.6) is 0 Å². The summed E-state index contributed by atoms with van der Waals surface area (Å²) in [4.78, 5) is 23.8. The number of H-pyrrole nitrogens is 1. The fourth-order valence-electron chi connectivity index (χ4n) is 5.82. The molecule has 1 amide bonds. The molecule has 1 saturated carbocycles. The Labute approximate surface area is 218 Å². The molecule has 2 heterocycles. The number of hydrogen-bond acceptors (Lipinski definition) is 4. The molecule has 7 heteroatoms. The molecule has 0 radical (unpaired) electrons. The maximum atomic E-state index is 12.5. The average Bonchev–Trinajstić information content (AvgIpc) is 3.31. The Balaban J connectivity index is 1.10. The molecule has 1 aliphatic carbocycles. The van der Waals surface area contributed by atoms with Gasteiger partial charge in [0.15, 0.2) is 0 Å². The van der Waals surface area contributed by atoms with Crippen molar-refractivity contribution >= 4 is 34.2 Å². The predicted molar refractivity (Wildman–Crippen MR) is 146 cm³/mol. The minimum absolute atomic E-state index is 0.0756. The van der Waals surface area contributed by atoms with E-state index in [0.29, 0.717) is 25.6 Å². The maximum Gasteiger partial charge on any atom is 0.426 e. The Bertz CT molecular complexity index is 1230. The molecule has 190 valence electrons. The van der Waals surface area contributed by atoms with Crippen LogP contribution in [0.4, 0.5) is 4.79 Å². The summed E-state index contributed by atoms with van der Waals surface area (Å²) in [6, 6.07) is 16.7. The third-order valence-electron chi connectivity index (χ3n) is 8.01. The number of aromatic nitrogens is 1. The summed E-state index contributed by atoms with van der Waals surface area (Å²) < 4.78 is 0. The van der Waals surface area contributed by atoms with Crippen LogP contribution in [-0.2, 0) is 10.4 Å². The second-order valence-corrected chi connectivity index (χ2v) is 10.7. The van der Waals surface area contributed by atoms with Crippen LogP contribution in [0.25, 0.3) is 16.5 Å². The van der Waals surface area contributed by atoms with E-state index < -0.39 is 0 Å². The molecule has 0 saturated heterocycles. The van der Waals surface area contributed by atoms with Gasteiger partial charge in [-0.2, -0.15) is 0 Å². The lowest BCUT2D eigenvalue weighted by Gasteiger charge is -2.45. The molecule has 5 rings (SSSR count). The third-order valence-corrected chi connectivity index (χ3v) is 8.24. The smallest absolute Gasteiger partial charge is 0.361 e. The van der Waals surface area contributed by atoms with Crippen molar-refractivity contribution in [3.8, 4) is 0 Å². The molecule has 0 bridgehead atoms. The number of rotatable bonds is 6. The molecule has 2 N–H and O–H groups in total. The monoisotopic (exact) mass is 506 g/mol. The molecular weight excluding hydrogens is 472 g/mol. The average molecular weight is 507 g/mol. The number of fused-ring (bicyclic) bond motifs is 1. The first-order valence-corrected chi connectivity index (χ1v) is 13.2. The highest BCUT2D eigenvalue weighted by molar-refractivity contribution is 6.31. The number of hydroxylamine groups is 2. The molecule has 6 nitrogen and oxygen atoms in total. The molecule has 36 heavy (non-hydrogen) atoms. The van der Waals surface area contributed by atoms with Crippen molar-refractivity contribution in [3.63, 3.8) is 0 Å². The highest BCUT2D eigenvalue weighted by Gasteiger charge is 2.38. The van der Waals surface area contributed by atoms with Gasteiger partial charge in [-0.05, 0) is 81.5 Å². The largest absolute Gasteiger partial charge is 0.426 e. The van der Waals surface area contributed by atoms with Gasteiger partial charge in [0.25, 0.3) is 0 Å². The fraction of sp³-hybridized carbons (Fsp3) is 0.414. The first-order valence-electron chi connectivity index (χ1n) is 12.8. The number of aromatic amines is 1. The fourth-order valence-corrected chi connectivity index (χ4v) is 5.99. The van der Waals surface area contributed by atoms with Crippen molar-refractivity contribution in [3.05, 3.63) is 77.0 Å². The van der Waals surface area contributed by atoms with Crippen molar-refractivity contribution in [1.82, 2.24) is 20.3 Å². The van der Waals surface area contributed by atoms with E-state index in [1.807, 2.05) is 24.4 Å². The molecule has 0 unspecified atom stereocenters. The standard InChI is InChI=1S/C29H35ClN4O2/c1-33(2)29(23-6-4-3-5-7-23)14-10-21(11-15-29)19-32-28(35)36-34-16-12-22(13-17-34)26-20-31-27-9-8-24(30)18-25(26)27/h3-9,12,18,20-21,31H,10-11,13-17,19H2,1-2H3,(H,32,35). The minimum atomic E-state index is -0.363. The zero-order valence-corrected chi connectivity index (χ0v) is 21.9. The molecule has 1 aliphatic heterocycles. The summed E-state index contributed by atoms with van der Waals surface area (Å²) in [6.07, 6.45) is 8.94. The van der Waals surface area contributed by atoms with Crippen LogP contribution in [0.2, 0.25) is 5.02 Å². The number of carbonyl (C=O) groups is 1. The summed E-state index contributed by atoms with van der Waals surface area (Å²) in [5.74, 6) is 0.468. The van der Waals surface area contributed by atoms with E-state index in [1.54, 1.807) is 5.06 Å². The van der Waals surface area contributed by atoms with Gasteiger partial charge < -0.3 is 15.1 Å². The number of benzene rings is 2. The summed E-state index contributed by atoms with van der Waals surface area (Å²) >= 11 is 6.20. The maximum absolute atomic E-state index is 12.5. The van der Waals surface area contributed by atoms with Gasteiger partial charge in [-0.25, -0.2) is 4.79 Å². The van der Waals surface area contributed by atoms with E-state index in [4.69, 9.17) is 16.4 Å². The lowest BCUT2D eigenvalue weighted by Crippen LogP contribution is -2.46. The second kappa shape index (κ2) is 10.7.